The highest BCUT2D eigenvalue weighted by Gasteiger charge is 2.27. The van der Waals surface area contributed by atoms with Crippen molar-refractivity contribution in [3.05, 3.63) is 92.5 Å². The number of nitrogens with one attached hydrogen (secondary N) is 1. The van der Waals surface area contributed by atoms with Gasteiger partial charge < -0.3 is 9.47 Å². The molecule has 182 valence electrons. The summed E-state index contributed by atoms with van der Waals surface area (Å²) in [6.45, 7) is 1.67. The van der Waals surface area contributed by atoms with Crippen LogP contribution >= 0.6 is 11.3 Å². The van der Waals surface area contributed by atoms with E-state index in [2.05, 4.69) is 15.2 Å². The number of benzene rings is 2. The Morgan fingerprint density at radius 2 is 1.78 bits per heavy atom. The minimum Gasteiger partial charge on any atom is -0.342 e. The second-order valence-electron chi connectivity index (χ2n) is 9.04. The number of imidazole rings is 1. The number of nitrogens with zero attached hydrogens (tertiary/aromatic N) is 5. The van der Waals surface area contributed by atoms with Gasteiger partial charge in [0.15, 0.2) is 0 Å². The van der Waals surface area contributed by atoms with Crippen molar-refractivity contribution < 1.29 is 4.79 Å². The number of para-hydroxylation sites is 1. The van der Waals surface area contributed by atoms with Crippen molar-refractivity contribution in [3.8, 4) is 0 Å². The fourth-order valence-electron chi connectivity index (χ4n) is 5.05. The third kappa shape index (κ3) is 4.03. The Morgan fingerprint density at radius 3 is 2.61 bits per heavy atom. The van der Waals surface area contributed by atoms with E-state index < -0.39 is 0 Å². The molecule has 0 saturated carbocycles. The summed E-state index contributed by atoms with van der Waals surface area (Å²) in [6.07, 6.45) is 5.42. The fourth-order valence-corrected chi connectivity index (χ4v) is 5.93. The van der Waals surface area contributed by atoms with E-state index in [1.165, 1.54) is 11.3 Å². The molecule has 0 spiro atoms. The first-order valence-corrected chi connectivity index (χ1v) is 12.7. The van der Waals surface area contributed by atoms with Crippen molar-refractivity contribution in [1.29, 1.82) is 0 Å². The third-order valence-corrected chi connectivity index (χ3v) is 7.88. The molecule has 3 aromatic heterocycles. The smallest absolute Gasteiger partial charge is 0.309 e. The number of carbonyl (C=O) groups excluding carboxylic acids is 1. The van der Waals surface area contributed by atoms with Crippen molar-refractivity contribution in [1.82, 2.24) is 29.2 Å². The van der Waals surface area contributed by atoms with E-state index in [-0.39, 0.29) is 28.7 Å². The summed E-state index contributed by atoms with van der Waals surface area (Å²) < 4.78 is 4.80. The molecule has 1 N–H and O–H groups in total. The second kappa shape index (κ2) is 9.19. The highest BCUT2D eigenvalue weighted by atomic mass is 32.1. The number of H-pyrrole nitrogens is 1. The zero-order chi connectivity index (χ0) is 24.6. The summed E-state index contributed by atoms with van der Waals surface area (Å²) in [7, 11) is 0. The molecular weight excluding hydrogens is 476 g/mol. The zero-order valence-electron chi connectivity index (χ0n) is 19.5. The first-order chi connectivity index (χ1) is 17.6. The van der Waals surface area contributed by atoms with Crippen molar-refractivity contribution in [2.75, 3.05) is 13.1 Å². The quantitative estimate of drug-likeness (QED) is 0.399. The van der Waals surface area contributed by atoms with E-state index in [1.807, 2.05) is 52.1 Å². The first kappa shape index (κ1) is 22.4. The molecule has 4 heterocycles. The predicted octanol–water partition coefficient (Wildman–Crippen LogP) is 2.95. The third-order valence-electron chi connectivity index (χ3n) is 6.92. The molecule has 5 aromatic rings. The Labute approximate surface area is 209 Å². The van der Waals surface area contributed by atoms with Crippen molar-refractivity contribution >= 4 is 38.2 Å². The highest BCUT2D eigenvalue weighted by Crippen LogP contribution is 2.28. The zero-order valence-corrected chi connectivity index (χ0v) is 20.3. The number of aromatic amines is 1. The van der Waals surface area contributed by atoms with E-state index >= 15 is 0 Å². The lowest BCUT2D eigenvalue weighted by molar-refractivity contribution is -0.131. The van der Waals surface area contributed by atoms with Crippen molar-refractivity contribution in [2.45, 2.75) is 31.8 Å². The van der Waals surface area contributed by atoms with E-state index in [0.29, 0.717) is 36.2 Å². The highest BCUT2D eigenvalue weighted by molar-refractivity contribution is 7.16. The molecular formula is C26H24N6O3S. The number of likely N-dealkylation sites (tertiary alicyclic amines) is 1. The van der Waals surface area contributed by atoms with E-state index in [4.69, 9.17) is 0 Å². The largest absolute Gasteiger partial charge is 0.342 e. The summed E-state index contributed by atoms with van der Waals surface area (Å²) in [5.74, 6) is 1.15. The molecule has 2 aromatic carbocycles. The normalized spacial score (nSPS) is 14.6. The summed E-state index contributed by atoms with van der Waals surface area (Å²) in [6, 6.07) is 15.0. The Hall–Kier alpha value is -4.05. The lowest BCUT2D eigenvalue weighted by Crippen LogP contribution is -2.39. The topological polar surface area (TPSA) is 106 Å². The van der Waals surface area contributed by atoms with Crippen LogP contribution in [0.5, 0.6) is 0 Å². The molecule has 0 bridgehead atoms. The average molecular weight is 501 g/mol. The molecule has 1 aliphatic rings. The van der Waals surface area contributed by atoms with Crippen LogP contribution < -0.4 is 10.4 Å². The fraction of sp³-hybridized carbons (Fsp3) is 0.269. The Morgan fingerprint density at radius 1 is 1.03 bits per heavy atom. The van der Waals surface area contributed by atoms with Gasteiger partial charge in [-0.1, -0.05) is 41.7 Å². The molecule has 1 aliphatic heterocycles. The summed E-state index contributed by atoms with van der Waals surface area (Å²) in [4.78, 5) is 44.2. The van der Waals surface area contributed by atoms with Crippen LogP contribution in [-0.4, -0.2) is 48.2 Å². The number of fused-ring (bicyclic) bond motifs is 2. The van der Waals surface area contributed by atoms with Gasteiger partial charge in [0.2, 0.25) is 5.91 Å². The van der Waals surface area contributed by atoms with Crippen LogP contribution in [0.1, 0.15) is 30.3 Å². The van der Waals surface area contributed by atoms with E-state index in [1.54, 1.807) is 22.9 Å². The SMILES string of the molecule is O=C(Cc1n[nH]c(=O)c2ccccc12)N1CCC(c2nccn2Cn2c(=O)sc3ccccc32)CC1. The number of thiazole rings is 1. The molecule has 1 fully saturated rings. The Bertz CT molecular complexity index is 1690. The van der Waals surface area contributed by atoms with Gasteiger partial charge in [-0.2, -0.15) is 5.10 Å². The average Bonchev–Trinajstić information content (AvgIpc) is 3.50. The van der Waals surface area contributed by atoms with Gasteiger partial charge >= 0.3 is 4.87 Å². The molecule has 6 rings (SSSR count). The van der Waals surface area contributed by atoms with Crippen LogP contribution in [-0.2, 0) is 17.9 Å². The lowest BCUT2D eigenvalue weighted by atomic mass is 9.95. The number of hydrogen-bond donors (Lipinski definition) is 1. The van der Waals surface area contributed by atoms with E-state index in [0.717, 1.165) is 28.9 Å². The lowest BCUT2D eigenvalue weighted by Gasteiger charge is -2.32. The minimum atomic E-state index is -0.254. The first-order valence-electron chi connectivity index (χ1n) is 11.9. The molecule has 36 heavy (non-hydrogen) atoms. The van der Waals surface area contributed by atoms with Crippen LogP contribution in [0.3, 0.4) is 0 Å². The van der Waals surface area contributed by atoms with Crippen molar-refractivity contribution in [3.63, 3.8) is 0 Å². The van der Waals surface area contributed by atoms with Gasteiger partial charge in [0.05, 0.1) is 27.7 Å². The maximum Gasteiger partial charge on any atom is 0.309 e. The number of piperidine rings is 1. The van der Waals surface area contributed by atoms with Crippen LogP contribution in [0, 0.1) is 0 Å². The maximum atomic E-state index is 13.1. The van der Waals surface area contributed by atoms with Crippen LogP contribution in [0.25, 0.3) is 21.0 Å². The molecule has 0 aliphatic carbocycles. The van der Waals surface area contributed by atoms with Crippen LogP contribution in [0.2, 0.25) is 0 Å². The van der Waals surface area contributed by atoms with Crippen LogP contribution in [0.15, 0.2) is 70.5 Å². The van der Waals surface area contributed by atoms with Gasteiger partial charge in [-0.15, -0.1) is 0 Å². The molecule has 0 atom stereocenters. The Kier molecular flexibility index (Phi) is 5.73. The molecule has 0 unspecified atom stereocenters. The summed E-state index contributed by atoms with van der Waals surface area (Å²) in [5, 5.41) is 7.90. The van der Waals surface area contributed by atoms with Gasteiger partial charge in [-0.3, -0.25) is 19.0 Å². The number of aromatic nitrogens is 5. The molecule has 9 nitrogen and oxygen atoms in total. The van der Waals surface area contributed by atoms with Crippen molar-refractivity contribution in [2.24, 2.45) is 0 Å². The van der Waals surface area contributed by atoms with Gasteiger partial charge in [0.25, 0.3) is 5.56 Å². The van der Waals surface area contributed by atoms with Crippen LogP contribution in [0.4, 0.5) is 0 Å². The second-order valence-corrected chi connectivity index (χ2v) is 10.0. The minimum absolute atomic E-state index is 0.00205. The number of rotatable bonds is 5. The molecule has 1 saturated heterocycles. The van der Waals surface area contributed by atoms with Gasteiger partial charge in [-0.25, -0.2) is 10.1 Å². The number of carbonyl (C=O) groups is 1. The maximum absolute atomic E-state index is 13.1. The Balaban J connectivity index is 1.15. The summed E-state index contributed by atoms with van der Waals surface area (Å²) >= 11 is 1.25. The monoisotopic (exact) mass is 500 g/mol. The molecule has 0 radical (unpaired) electrons. The van der Waals surface area contributed by atoms with E-state index in [9.17, 15) is 14.4 Å². The number of hydrogen-bond acceptors (Lipinski definition) is 6. The van der Waals surface area contributed by atoms with Gasteiger partial charge in [0, 0.05) is 36.8 Å². The standard InChI is InChI=1S/C26H24N6O3S/c33-23(15-20-18-5-1-2-6-19(18)25(34)29-28-20)30-12-9-17(10-13-30)24-27-11-14-31(24)16-32-21-7-3-4-8-22(21)36-26(32)35/h1-8,11,14,17H,9-10,12-13,15-16H2,(H,29,34). The number of amides is 1. The molecule has 1 amide bonds. The van der Waals surface area contributed by atoms with Gasteiger partial charge in [-0.05, 0) is 31.0 Å². The predicted molar refractivity (Wildman–Crippen MR) is 138 cm³/mol. The van der Waals surface area contributed by atoms with Gasteiger partial charge in [0.1, 0.15) is 12.5 Å². The molecule has 10 heteroatoms. The summed E-state index contributed by atoms with van der Waals surface area (Å²) in [5.41, 5.74) is 1.26.